The second-order valence-corrected chi connectivity index (χ2v) is 5.53. The van der Waals surface area contributed by atoms with Gasteiger partial charge in [0.25, 0.3) is 0 Å². The number of nitro benzene ring substituents is 1. The van der Waals surface area contributed by atoms with Gasteiger partial charge in [0.05, 0.1) is 18.9 Å². The zero-order valence-electron chi connectivity index (χ0n) is 9.14. The molecule has 5 nitrogen and oxygen atoms in total. The number of nitro groups is 1. The number of ether oxygens (including phenoxy) is 1. The van der Waals surface area contributed by atoms with Crippen molar-refractivity contribution >= 4 is 49.1 Å². The first-order chi connectivity index (χ1) is 8.99. The van der Waals surface area contributed by atoms with E-state index in [1.807, 2.05) is 0 Å². The Morgan fingerprint density at radius 3 is 2.68 bits per heavy atom. The molecule has 0 fully saturated rings. The number of hydrogen-bond acceptors (Lipinski definition) is 4. The minimum Gasteiger partial charge on any atom is -0.429 e. The molecule has 0 unspecified atom stereocenters. The summed E-state index contributed by atoms with van der Waals surface area (Å²) in [4.78, 5) is 14.4. The molecule has 0 N–H and O–H groups in total. The van der Waals surface area contributed by atoms with Gasteiger partial charge in [-0.2, -0.15) is 0 Å². The van der Waals surface area contributed by atoms with Crippen LogP contribution in [-0.2, 0) is 0 Å². The fourth-order valence-corrected chi connectivity index (χ4v) is 2.47. The molecule has 0 amide bonds. The van der Waals surface area contributed by atoms with E-state index >= 15 is 0 Å². The van der Waals surface area contributed by atoms with Gasteiger partial charge in [-0.3, -0.25) is 10.1 Å². The summed E-state index contributed by atoms with van der Waals surface area (Å²) in [6, 6.07) is 6.14. The molecule has 19 heavy (non-hydrogen) atoms. The molecule has 0 saturated carbocycles. The summed E-state index contributed by atoms with van der Waals surface area (Å²) >= 11 is 12.2. The van der Waals surface area contributed by atoms with Crippen LogP contribution in [0.15, 0.2) is 39.4 Å². The van der Waals surface area contributed by atoms with Crippen molar-refractivity contribution in [3.8, 4) is 11.6 Å². The summed E-state index contributed by atoms with van der Waals surface area (Å²) in [5.41, 5.74) is -0.155. The number of nitrogens with zero attached hydrogens (tertiary/aromatic N) is 2. The highest BCUT2D eigenvalue weighted by atomic mass is 79.9. The van der Waals surface area contributed by atoms with Crippen LogP contribution < -0.4 is 4.74 Å². The van der Waals surface area contributed by atoms with Crippen molar-refractivity contribution in [2.45, 2.75) is 0 Å². The van der Waals surface area contributed by atoms with Crippen LogP contribution in [-0.4, -0.2) is 9.91 Å². The molecular weight excluding hydrogens is 403 g/mol. The molecular formula is C11H5Br2ClN2O3. The van der Waals surface area contributed by atoms with Gasteiger partial charge in [0, 0.05) is 12.3 Å². The monoisotopic (exact) mass is 406 g/mol. The fourth-order valence-electron chi connectivity index (χ4n) is 1.32. The number of pyridine rings is 1. The van der Waals surface area contributed by atoms with Crippen molar-refractivity contribution in [3.63, 3.8) is 0 Å². The third kappa shape index (κ3) is 3.23. The van der Waals surface area contributed by atoms with Gasteiger partial charge < -0.3 is 4.74 Å². The molecule has 0 aliphatic carbocycles. The van der Waals surface area contributed by atoms with Gasteiger partial charge in [0.15, 0.2) is 0 Å². The van der Waals surface area contributed by atoms with Gasteiger partial charge in [-0.25, -0.2) is 4.98 Å². The molecule has 2 aromatic rings. The van der Waals surface area contributed by atoms with Crippen molar-refractivity contribution in [1.29, 1.82) is 0 Å². The van der Waals surface area contributed by atoms with E-state index in [1.54, 1.807) is 18.2 Å². The van der Waals surface area contributed by atoms with Gasteiger partial charge in [-0.15, -0.1) is 0 Å². The molecule has 0 spiro atoms. The quantitative estimate of drug-likeness (QED) is 0.532. The molecule has 0 bridgehead atoms. The molecule has 8 heteroatoms. The second kappa shape index (κ2) is 5.85. The van der Waals surface area contributed by atoms with Gasteiger partial charge in [0.2, 0.25) is 11.6 Å². The Labute approximate surface area is 130 Å². The maximum absolute atomic E-state index is 11.0. The molecule has 1 aromatic heterocycles. The lowest BCUT2D eigenvalue weighted by Crippen LogP contribution is -1.96. The normalized spacial score (nSPS) is 10.3. The van der Waals surface area contributed by atoms with Crippen LogP contribution in [0.2, 0.25) is 5.02 Å². The molecule has 2 rings (SSSR count). The van der Waals surface area contributed by atoms with Crippen LogP contribution >= 0.6 is 43.5 Å². The number of rotatable bonds is 3. The third-order valence-electron chi connectivity index (χ3n) is 2.12. The minimum absolute atomic E-state index is 0.0861. The van der Waals surface area contributed by atoms with E-state index in [1.165, 1.54) is 12.3 Å². The molecule has 98 valence electrons. The molecule has 0 radical (unpaired) electrons. The Hall–Kier alpha value is -1.18. The van der Waals surface area contributed by atoms with Crippen molar-refractivity contribution in [2.24, 2.45) is 0 Å². The number of aromatic nitrogens is 1. The van der Waals surface area contributed by atoms with E-state index in [4.69, 9.17) is 16.3 Å². The van der Waals surface area contributed by atoms with Crippen LogP contribution in [0.5, 0.6) is 11.6 Å². The average molecular weight is 408 g/mol. The number of halogens is 3. The number of para-hydroxylation sites is 1. The molecule has 0 aliphatic heterocycles. The number of hydrogen-bond donors (Lipinski definition) is 0. The SMILES string of the molecule is O=[N+]([O-])c1cccc(Br)c1Oc1ncc(Cl)cc1Br. The zero-order chi connectivity index (χ0) is 14.0. The van der Waals surface area contributed by atoms with Crippen LogP contribution in [0.1, 0.15) is 0 Å². The first-order valence-corrected chi connectivity index (χ1v) is 6.87. The predicted octanol–water partition coefficient (Wildman–Crippen LogP) is 4.96. The van der Waals surface area contributed by atoms with Gasteiger partial charge >= 0.3 is 5.69 Å². The van der Waals surface area contributed by atoms with Crippen LogP contribution in [0.4, 0.5) is 5.69 Å². The van der Waals surface area contributed by atoms with E-state index in [9.17, 15) is 10.1 Å². The zero-order valence-corrected chi connectivity index (χ0v) is 13.1. The van der Waals surface area contributed by atoms with Crippen molar-refractivity contribution < 1.29 is 9.66 Å². The maximum atomic E-state index is 11.0. The van der Waals surface area contributed by atoms with Crippen LogP contribution in [0, 0.1) is 10.1 Å². The second-order valence-electron chi connectivity index (χ2n) is 3.39. The highest BCUT2D eigenvalue weighted by molar-refractivity contribution is 9.11. The summed E-state index contributed by atoms with van der Waals surface area (Å²) in [7, 11) is 0. The Balaban J connectivity index is 2.46. The molecule has 1 aromatic carbocycles. The highest BCUT2D eigenvalue weighted by Crippen LogP contribution is 2.39. The molecule has 0 aliphatic rings. The first-order valence-electron chi connectivity index (χ1n) is 4.91. The van der Waals surface area contributed by atoms with Gasteiger partial charge in [0.1, 0.15) is 0 Å². The Kier molecular flexibility index (Phi) is 4.38. The van der Waals surface area contributed by atoms with Gasteiger partial charge in [-0.1, -0.05) is 17.7 Å². The smallest absolute Gasteiger partial charge is 0.312 e. The lowest BCUT2D eigenvalue weighted by atomic mass is 10.3. The Morgan fingerprint density at radius 2 is 2.05 bits per heavy atom. The number of benzene rings is 1. The standard InChI is InChI=1S/C11H5Br2ClN2O3/c12-7-2-1-3-9(16(17)18)10(7)19-11-8(13)4-6(14)5-15-11/h1-5H. The van der Waals surface area contributed by atoms with E-state index in [-0.39, 0.29) is 17.3 Å². The van der Waals surface area contributed by atoms with Crippen molar-refractivity contribution in [2.75, 3.05) is 0 Å². The summed E-state index contributed by atoms with van der Waals surface area (Å²) < 4.78 is 6.45. The van der Waals surface area contributed by atoms with Crippen molar-refractivity contribution in [3.05, 3.63) is 54.5 Å². The Morgan fingerprint density at radius 1 is 1.32 bits per heavy atom. The van der Waals surface area contributed by atoms with E-state index in [2.05, 4.69) is 36.8 Å². The largest absolute Gasteiger partial charge is 0.429 e. The predicted molar refractivity (Wildman–Crippen MR) is 77.8 cm³/mol. The van der Waals surface area contributed by atoms with E-state index in [0.29, 0.717) is 14.0 Å². The van der Waals surface area contributed by atoms with E-state index in [0.717, 1.165) is 0 Å². The van der Waals surface area contributed by atoms with E-state index < -0.39 is 4.92 Å². The summed E-state index contributed by atoms with van der Waals surface area (Å²) in [5, 5.41) is 11.4. The lowest BCUT2D eigenvalue weighted by Gasteiger charge is -2.08. The summed E-state index contributed by atoms with van der Waals surface area (Å²) in [5.74, 6) is 0.280. The summed E-state index contributed by atoms with van der Waals surface area (Å²) in [6.45, 7) is 0. The third-order valence-corrected chi connectivity index (χ3v) is 3.51. The Bertz CT molecular complexity index is 652. The minimum atomic E-state index is -0.524. The first kappa shape index (κ1) is 14.2. The molecule has 0 atom stereocenters. The molecule has 1 heterocycles. The summed E-state index contributed by atoms with van der Waals surface area (Å²) in [6.07, 6.45) is 1.39. The van der Waals surface area contributed by atoms with Crippen molar-refractivity contribution in [1.82, 2.24) is 4.98 Å². The fraction of sp³-hybridized carbons (Fsp3) is 0. The topological polar surface area (TPSA) is 65.3 Å². The maximum Gasteiger partial charge on any atom is 0.312 e. The highest BCUT2D eigenvalue weighted by Gasteiger charge is 2.20. The van der Waals surface area contributed by atoms with Gasteiger partial charge in [-0.05, 0) is 44.0 Å². The average Bonchev–Trinajstić information content (AvgIpc) is 2.34. The molecule has 0 saturated heterocycles. The van der Waals surface area contributed by atoms with Crippen LogP contribution in [0.25, 0.3) is 0 Å². The van der Waals surface area contributed by atoms with Crippen LogP contribution in [0.3, 0.4) is 0 Å². The lowest BCUT2D eigenvalue weighted by molar-refractivity contribution is -0.385.